The summed E-state index contributed by atoms with van der Waals surface area (Å²) < 4.78 is 5.77. The molecule has 1 saturated heterocycles. The van der Waals surface area contributed by atoms with Crippen LogP contribution in [0.4, 0.5) is 0 Å². The molecule has 7 heteroatoms. The molecule has 0 aliphatic carbocycles. The number of pyridine rings is 1. The van der Waals surface area contributed by atoms with E-state index in [2.05, 4.69) is 18.8 Å². The lowest BCUT2D eigenvalue weighted by Crippen LogP contribution is -2.35. The third kappa shape index (κ3) is 4.99. The lowest BCUT2D eigenvalue weighted by Gasteiger charge is -2.26. The fraction of sp³-hybridized carbons (Fsp3) is 0.400. The number of carbonyl (C=O) groups excluding carboxylic acids is 2. The number of hydrogen-bond donors (Lipinski definition) is 1. The number of amides is 1. The average Bonchev–Trinajstić information content (AvgIpc) is 3.01. The molecule has 170 valence electrons. The topological polar surface area (TPSA) is 83.0 Å². The van der Waals surface area contributed by atoms with E-state index in [1.54, 1.807) is 36.7 Å². The number of aliphatic hydroxyl groups excluding tert-OH is 1. The van der Waals surface area contributed by atoms with Gasteiger partial charge in [0.1, 0.15) is 11.5 Å². The fourth-order valence-electron chi connectivity index (χ4n) is 3.71. The van der Waals surface area contributed by atoms with Crippen LogP contribution < -0.4 is 4.74 Å². The summed E-state index contributed by atoms with van der Waals surface area (Å²) in [6, 6.07) is 8.20. The molecule has 7 nitrogen and oxygen atoms in total. The van der Waals surface area contributed by atoms with Gasteiger partial charge in [0.25, 0.3) is 11.7 Å². The summed E-state index contributed by atoms with van der Waals surface area (Å²) in [6.07, 6.45) is 3.24. The highest BCUT2D eigenvalue weighted by Crippen LogP contribution is 2.39. The number of ether oxygens (including phenoxy) is 1. The predicted molar refractivity (Wildman–Crippen MR) is 123 cm³/mol. The molecule has 3 rings (SSSR count). The van der Waals surface area contributed by atoms with E-state index in [0.29, 0.717) is 36.9 Å². The summed E-state index contributed by atoms with van der Waals surface area (Å²) in [5.74, 6) is -0.371. The fourth-order valence-corrected chi connectivity index (χ4v) is 3.71. The lowest BCUT2D eigenvalue weighted by atomic mass is 9.94. The molecule has 32 heavy (non-hydrogen) atoms. The standard InChI is InChI=1S/C25H31N3O4/c1-16(2)15-32-19-6-7-20(17(3)14-19)23(29)21-22(18-8-10-26-11-9-18)28(13-12-27(4)5)25(31)24(21)30/h6-11,14,16,22,29H,12-13,15H2,1-5H3/b23-21+. The minimum absolute atomic E-state index is 0.0962. The Bertz CT molecular complexity index is 1020. The second-order valence-electron chi connectivity index (χ2n) is 8.76. The van der Waals surface area contributed by atoms with E-state index in [4.69, 9.17) is 4.74 Å². The van der Waals surface area contributed by atoms with Crippen molar-refractivity contribution in [2.75, 3.05) is 33.8 Å². The van der Waals surface area contributed by atoms with Crippen molar-refractivity contribution in [3.63, 3.8) is 0 Å². The largest absolute Gasteiger partial charge is 0.507 e. The minimum Gasteiger partial charge on any atom is -0.507 e. The first-order valence-corrected chi connectivity index (χ1v) is 10.8. The van der Waals surface area contributed by atoms with E-state index in [1.807, 2.05) is 32.0 Å². The second kappa shape index (κ2) is 9.96. The monoisotopic (exact) mass is 437 g/mol. The maximum Gasteiger partial charge on any atom is 0.295 e. The van der Waals surface area contributed by atoms with Gasteiger partial charge in [-0.05, 0) is 68.4 Å². The number of hydrogen-bond acceptors (Lipinski definition) is 6. The molecule has 1 amide bonds. The molecule has 0 saturated carbocycles. The number of rotatable bonds is 8. The first-order valence-electron chi connectivity index (χ1n) is 10.8. The van der Waals surface area contributed by atoms with Crippen LogP contribution in [-0.2, 0) is 9.59 Å². The molecule has 1 aliphatic rings. The normalized spacial score (nSPS) is 18.1. The van der Waals surface area contributed by atoms with Crippen molar-refractivity contribution >= 4 is 17.4 Å². The lowest BCUT2D eigenvalue weighted by molar-refractivity contribution is -0.140. The van der Waals surface area contributed by atoms with Gasteiger partial charge in [0, 0.05) is 31.0 Å². The van der Waals surface area contributed by atoms with E-state index in [0.717, 1.165) is 11.1 Å². The molecule has 1 aliphatic heterocycles. The van der Waals surface area contributed by atoms with Gasteiger partial charge in [-0.25, -0.2) is 0 Å². The molecule has 1 aromatic heterocycles. The van der Waals surface area contributed by atoms with Gasteiger partial charge >= 0.3 is 0 Å². The Labute approximate surface area is 189 Å². The first-order chi connectivity index (χ1) is 15.2. The number of nitrogens with zero attached hydrogens (tertiary/aromatic N) is 3. The molecule has 1 unspecified atom stereocenters. The van der Waals surface area contributed by atoms with Crippen molar-refractivity contribution in [1.29, 1.82) is 0 Å². The summed E-state index contributed by atoms with van der Waals surface area (Å²) in [5, 5.41) is 11.2. The number of aryl methyl sites for hydroxylation is 1. The third-order valence-electron chi connectivity index (χ3n) is 5.39. The summed E-state index contributed by atoms with van der Waals surface area (Å²) in [5.41, 5.74) is 2.09. The zero-order valence-corrected chi connectivity index (χ0v) is 19.3. The van der Waals surface area contributed by atoms with Crippen LogP contribution in [-0.4, -0.2) is 65.4 Å². The second-order valence-corrected chi connectivity index (χ2v) is 8.76. The predicted octanol–water partition coefficient (Wildman–Crippen LogP) is 3.41. The van der Waals surface area contributed by atoms with Crippen LogP contribution >= 0.6 is 0 Å². The van der Waals surface area contributed by atoms with Gasteiger partial charge in [0.15, 0.2) is 0 Å². The van der Waals surface area contributed by atoms with Crippen LogP contribution in [0, 0.1) is 12.8 Å². The van der Waals surface area contributed by atoms with Gasteiger partial charge in [-0.15, -0.1) is 0 Å². The van der Waals surface area contributed by atoms with Gasteiger partial charge < -0.3 is 19.6 Å². The van der Waals surface area contributed by atoms with E-state index >= 15 is 0 Å². The van der Waals surface area contributed by atoms with E-state index in [9.17, 15) is 14.7 Å². The van der Waals surface area contributed by atoms with Crippen molar-refractivity contribution in [3.05, 3.63) is 65.0 Å². The molecule has 0 spiro atoms. The van der Waals surface area contributed by atoms with Crippen LogP contribution in [0.2, 0.25) is 0 Å². The van der Waals surface area contributed by atoms with Gasteiger partial charge in [0.2, 0.25) is 0 Å². The molecule has 0 bridgehead atoms. The number of benzene rings is 1. The summed E-state index contributed by atoms with van der Waals surface area (Å²) >= 11 is 0. The number of Topliss-reactive ketones (excluding diaryl/α,β-unsaturated/α-hetero) is 1. The Morgan fingerprint density at radius 3 is 2.47 bits per heavy atom. The molecular weight excluding hydrogens is 406 g/mol. The molecule has 2 aromatic rings. The van der Waals surface area contributed by atoms with E-state index in [1.165, 1.54) is 4.90 Å². The first kappa shape index (κ1) is 23.5. The molecular formula is C25H31N3O4. The van der Waals surface area contributed by atoms with Crippen LogP contribution in [0.25, 0.3) is 5.76 Å². The number of aromatic nitrogens is 1. The maximum atomic E-state index is 13.1. The molecule has 1 atom stereocenters. The van der Waals surface area contributed by atoms with Crippen LogP contribution in [0.15, 0.2) is 48.3 Å². The van der Waals surface area contributed by atoms with Crippen LogP contribution in [0.1, 0.15) is 36.6 Å². The Hall–Kier alpha value is -3.19. The zero-order chi connectivity index (χ0) is 23.4. The number of likely N-dealkylation sites (tertiary alicyclic amines) is 1. The Morgan fingerprint density at radius 1 is 1.19 bits per heavy atom. The van der Waals surface area contributed by atoms with Crippen molar-refractivity contribution in [2.45, 2.75) is 26.8 Å². The van der Waals surface area contributed by atoms with Crippen molar-refractivity contribution in [1.82, 2.24) is 14.8 Å². The molecule has 0 radical (unpaired) electrons. The van der Waals surface area contributed by atoms with Crippen LogP contribution in [0.5, 0.6) is 5.75 Å². The highest BCUT2D eigenvalue weighted by molar-refractivity contribution is 6.46. The zero-order valence-electron chi connectivity index (χ0n) is 19.3. The maximum absolute atomic E-state index is 13.1. The number of ketones is 1. The van der Waals surface area contributed by atoms with Crippen LogP contribution in [0.3, 0.4) is 0 Å². The molecule has 1 aromatic carbocycles. The quantitative estimate of drug-likeness (QED) is 0.387. The Kier molecular flexibility index (Phi) is 7.30. The van der Waals surface area contributed by atoms with Crippen molar-refractivity contribution in [3.8, 4) is 5.75 Å². The summed E-state index contributed by atoms with van der Waals surface area (Å²) in [7, 11) is 3.81. The summed E-state index contributed by atoms with van der Waals surface area (Å²) in [6.45, 7) is 7.53. The number of carbonyl (C=O) groups is 2. The highest BCUT2D eigenvalue weighted by atomic mass is 16.5. The molecule has 1 N–H and O–H groups in total. The molecule has 2 heterocycles. The summed E-state index contributed by atoms with van der Waals surface area (Å²) in [4.78, 5) is 33.5. The smallest absolute Gasteiger partial charge is 0.295 e. The Morgan fingerprint density at radius 2 is 1.88 bits per heavy atom. The van der Waals surface area contributed by atoms with E-state index < -0.39 is 17.7 Å². The van der Waals surface area contributed by atoms with Gasteiger partial charge in [-0.1, -0.05) is 13.8 Å². The van der Waals surface area contributed by atoms with Gasteiger partial charge in [-0.3, -0.25) is 14.6 Å². The Balaban J connectivity index is 2.06. The van der Waals surface area contributed by atoms with Gasteiger partial charge in [0.05, 0.1) is 18.2 Å². The minimum atomic E-state index is -0.678. The third-order valence-corrected chi connectivity index (χ3v) is 5.39. The van der Waals surface area contributed by atoms with Crippen molar-refractivity contribution in [2.24, 2.45) is 5.92 Å². The van der Waals surface area contributed by atoms with Gasteiger partial charge in [-0.2, -0.15) is 0 Å². The van der Waals surface area contributed by atoms with E-state index in [-0.39, 0.29) is 11.3 Å². The SMILES string of the molecule is Cc1cc(OCC(C)C)ccc1/C(O)=C1\C(=O)C(=O)N(CCN(C)C)C1c1ccncc1. The number of aliphatic hydroxyl groups is 1. The van der Waals surface area contributed by atoms with Crippen molar-refractivity contribution < 1.29 is 19.4 Å². The highest BCUT2D eigenvalue weighted by Gasteiger charge is 2.46. The number of likely N-dealkylation sites (N-methyl/N-ethyl adjacent to an activating group) is 1. The average molecular weight is 438 g/mol. The molecule has 1 fully saturated rings.